The SMILES string of the molecule is CCN=C(NN)N(C)c1ccccc1OC. The van der Waals surface area contributed by atoms with E-state index in [4.69, 9.17) is 10.6 Å². The molecule has 0 atom stereocenters. The molecule has 0 heterocycles. The second kappa shape index (κ2) is 5.97. The van der Waals surface area contributed by atoms with E-state index in [-0.39, 0.29) is 0 Å². The molecule has 0 saturated carbocycles. The molecule has 0 radical (unpaired) electrons. The van der Waals surface area contributed by atoms with E-state index in [2.05, 4.69) is 10.4 Å². The number of hydrazine groups is 1. The van der Waals surface area contributed by atoms with Crippen LogP contribution in [0.5, 0.6) is 5.75 Å². The highest BCUT2D eigenvalue weighted by molar-refractivity contribution is 5.96. The van der Waals surface area contributed by atoms with Crippen LogP contribution in [-0.2, 0) is 0 Å². The zero-order valence-electron chi connectivity index (χ0n) is 9.90. The van der Waals surface area contributed by atoms with Crippen molar-refractivity contribution in [2.45, 2.75) is 6.92 Å². The number of aliphatic imine (C=N–C) groups is 1. The van der Waals surface area contributed by atoms with Crippen LogP contribution in [0.25, 0.3) is 0 Å². The first-order valence-electron chi connectivity index (χ1n) is 5.12. The van der Waals surface area contributed by atoms with Crippen LogP contribution in [0.3, 0.4) is 0 Å². The number of anilines is 1. The van der Waals surface area contributed by atoms with E-state index < -0.39 is 0 Å². The second-order valence-electron chi connectivity index (χ2n) is 3.17. The standard InChI is InChI=1S/C11H18N4O/c1-4-13-11(14-12)15(2)9-7-5-6-8-10(9)16-3/h5-8H,4,12H2,1-3H3,(H,13,14). The lowest BCUT2D eigenvalue weighted by Gasteiger charge is -2.22. The normalized spacial score (nSPS) is 11.1. The fraction of sp³-hybridized carbons (Fsp3) is 0.364. The smallest absolute Gasteiger partial charge is 0.212 e. The molecule has 0 aliphatic heterocycles. The topological polar surface area (TPSA) is 62.9 Å². The Hall–Kier alpha value is -1.75. The molecule has 0 bridgehead atoms. The van der Waals surface area contributed by atoms with Gasteiger partial charge in [-0.25, -0.2) is 5.84 Å². The number of benzene rings is 1. The molecule has 1 aromatic carbocycles. The van der Waals surface area contributed by atoms with Crippen molar-refractivity contribution in [3.63, 3.8) is 0 Å². The van der Waals surface area contributed by atoms with E-state index in [9.17, 15) is 0 Å². The molecule has 0 aliphatic rings. The summed E-state index contributed by atoms with van der Waals surface area (Å²) in [4.78, 5) is 6.09. The molecule has 1 aromatic rings. The van der Waals surface area contributed by atoms with Gasteiger partial charge >= 0.3 is 0 Å². The highest BCUT2D eigenvalue weighted by Gasteiger charge is 2.11. The van der Waals surface area contributed by atoms with Crippen molar-refractivity contribution < 1.29 is 4.74 Å². The van der Waals surface area contributed by atoms with Gasteiger partial charge in [-0.15, -0.1) is 0 Å². The van der Waals surface area contributed by atoms with E-state index in [0.717, 1.165) is 11.4 Å². The van der Waals surface area contributed by atoms with Gasteiger partial charge in [-0.3, -0.25) is 10.4 Å². The minimum absolute atomic E-state index is 0.604. The number of rotatable bonds is 3. The Labute approximate surface area is 95.9 Å². The number of hydrogen-bond acceptors (Lipinski definition) is 3. The Morgan fingerprint density at radius 1 is 1.50 bits per heavy atom. The summed E-state index contributed by atoms with van der Waals surface area (Å²) in [5.74, 6) is 6.81. The molecule has 88 valence electrons. The summed E-state index contributed by atoms with van der Waals surface area (Å²) in [6, 6.07) is 7.70. The van der Waals surface area contributed by atoms with Crippen LogP contribution in [0.4, 0.5) is 5.69 Å². The van der Waals surface area contributed by atoms with E-state index in [1.807, 2.05) is 43.1 Å². The number of guanidine groups is 1. The molecular weight excluding hydrogens is 204 g/mol. The lowest BCUT2D eigenvalue weighted by molar-refractivity contribution is 0.416. The predicted octanol–water partition coefficient (Wildman–Crippen LogP) is 0.971. The van der Waals surface area contributed by atoms with Crippen molar-refractivity contribution >= 4 is 11.6 Å². The van der Waals surface area contributed by atoms with Crippen LogP contribution in [0.2, 0.25) is 0 Å². The number of nitrogens with two attached hydrogens (primary N) is 1. The summed E-state index contributed by atoms with van der Waals surface area (Å²) in [6.07, 6.45) is 0. The largest absolute Gasteiger partial charge is 0.495 e. The number of para-hydroxylation sites is 2. The maximum absolute atomic E-state index is 5.43. The monoisotopic (exact) mass is 222 g/mol. The van der Waals surface area contributed by atoms with Crippen molar-refractivity contribution in [2.75, 3.05) is 25.6 Å². The predicted molar refractivity (Wildman–Crippen MR) is 66.7 cm³/mol. The van der Waals surface area contributed by atoms with Crippen molar-refractivity contribution in [1.82, 2.24) is 5.43 Å². The number of methoxy groups -OCH3 is 1. The van der Waals surface area contributed by atoms with Gasteiger partial charge in [0.2, 0.25) is 5.96 Å². The Morgan fingerprint density at radius 3 is 2.75 bits per heavy atom. The molecule has 0 aliphatic carbocycles. The molecule has 0 saturated heterocycles. The zero-order valence-corrected chi connectivity index (χ0v) is 9.90. The van der Waals surface area contributed by atoms with Gasteiger partial charge in [0.25, 0.3) is 0 Å². The van der Waals surface area contributed by atoms with Crippen molar-refractivity contribution in [2.24, 2.45) is 10.8 Å². The number of nitrogens with one attached hydrogen (secondary N) is 1. The fourth-order valence-electron chi connectivity index (χ4n) is 1.42. The molecule has 0 aromatic heterocycles. The van der Waals surface area contributed by atoms with Crippen molar-refractivity contribution in [1.29, 1.82) is 0 Å². The zero-order chi connectivity index (χ0) is 12.0. The maximum atomic E-state index is 5.43. The minimum atomic E-state index is 0.604. The third-order valence-corrected chi connectivity index (χ3v) is 2.20. The van der Waals surface area contributed by atoms with Crippen LogP contribution >= 0.6 is 0 Å². The second-order valence-corrected chi connectivity index (χ2v) is 3.17. The van der Waals surface area contributed by atoms with Crippen LogP contribution < -0.4 is 20.9 Å². The molecule has 3 N–H and O–H groups in total. The number of ether oxygens (including phenoxy) is 1. The van der Waals surface area contributed by atoms with Gasteiger partial charge in [0, 0.05) is 13.6 Å². The molecule has 0 fully saturated rings. The molecular formula is C11H18N4O. The van der Waals surface area contributed by atoms with Crippen molar-refractivity contribution in [3.8, 4) is 5.75 Å². The third-order valence-electron chi connectivity index (χ3n) is 2.20. The van der Waals surface area contributed by atoms with Crippen LogP contribution in [-0.4, -0.2) is 26.7 Å². The van der Waals surface area contributed by atoms with Gasteiger partial charge in [0.15, 0.2) is 0 Å². The molecule has 0 spiro atoms. The van der Waals surface area contributed by atoms with Gasteiger partial charge in [-0.2, -0.15) is 0 Å². The van der Waals surface area contributed by atoms with Crippen LogP contribution in [0.15, 0.2) is 29.3 Å². The quantitative estimate of drug-likeness (QED) is 0.346. The Morgan fingerprint density at radius 2 is 2.19 bits per heavy atom. The maximum Gasteiger partial charge on any atom is 0.212 e. The fourth-order valence-corrected chi connectivity index (χ4v) is 1.42. The van der Waals surface area contributed by atoms with Gasteiger partial charge in [0.1, 0.15) is 5.75 Å². The molecule has 5 nitrogen and oxygen atoms in total. The highest BCUT2D eigenvalue weighted by atomic mass is 16.5. The molecule has 0 amide bonds. The summed E-state index contributed by atoms with van der Waals surface area (Å²) >= 11 is 0. The Balaban J connectivity index is 3.03. The average molecular weight is 222 g/mol. The molecule has 0 unspecified atom stereocenters. The van der Waals surface area contributed by atoms with E-state index in [1.54, 1.807) is 7.11 Å². The summed E-state index contributed by atoms with van der Waals surface area (Å²) < 4.78 is 5.27. The Bertz CT molecular complexity index is 365. The highest BCUT2D eigenvalue weighted by Crippen LogP contribution is 2.26. The summed E-state index contributed by atoms with van der Waals surface area (Å²) in [7, 11) is 3.52. The molecule has 16 heavy (non-hydrogen) atoms. The van der Waals surface area contributed by atoms with Gasteiger partial charge in [0.05, 0.1) is 12.8 Å². The van der Waals surface area contributed by atoms with E-state index >= 15 is 0 Å². The molecule has 5 heteroatoms. The van der Waals surface area contributed by atoms with Gasteiger partial charge in [-0.1, -0.05) is 12.1 Å². The average Bonchev–Trinajstić information content (AvgIpc) is 2.35. The minimum Gasteiger partial charge on any atom is -0.495 e. The van der Waals surface area contributed by atoms with E-state index in [1.165, 1.54) is 0 Å². The molecule has 1 rings (SSSR count). The van der Waals surface area contributed by atoms with Gasteiger partial charge in [-0.05, 0) is 19.1 Å². The first-order chi connectivity index (χ1) is 7.74. The Kier molecular flexibility index (Phi) is 4.60. The number of hydrogen-bond donors (Lipinski definition) is 2. The number of nitrogens with zero attached hydrogens (tertiary/aromatic N) is 2. The first-order valence-corrected chi connectivity index (χ1v) is 5.12. The lowest BCUT2D eigenvalue weighted by atomic mass is 10.3. The first kappa shape index (κ1) is 12.3. The lowest BCUT2D eigenvalue weighted by Crippen LogP contribution is -2.43. The van der Waals surface area contributed by atoms with Crippen LogP contribution in [0.1, 0.15) is 6.92 Å². The van der Waals surface area contributed by atoms with Crippen LogP contribution in [0, 0.1) is 0 Å². The summed E-state index contributed by atoms with van der Waals surface area (Å²) in [5, 5.41) is 0. The summed E-state index contributed by atoms with van der Waals surface area (Å²) in [6.45, 7) is 2.62. The van der Waals surface area contributed by atoms with E-state index in [0.29, 0.717) is 12.5 Å². The summed E-state index contributed by atoms with van der Waals surface area (Å²) in [5.41, 5.74) is 3.49. The third kappa shape index (κ3) is 2.64. The van der Waals surface area contributed by atoms with Crippen molar-refractivity contribution in [3.05, 3.63) is 24.3 Å². The van der Waals surface area contributed by atoms with Gasteiger partial charge < -0.3 is 9.64 Å².